The van der Waals surface area contributed by atoms with E-state index < -0.39 is 10.8 Å². The van der Waals surface area contributed by atoms with Crippen LogP contribution in [0.25, 0.3) is 0 Å². The van der Waals surface area contributed by atoms with Crippen LogP contribution >= 0.6 is 11.6 Å². The third-order valence-corrected chi connectivity index (χ3v) is 5.53. The number of rotatable bonds is 6. The van der Waals surface area contributed by atoms with Crippen molar-refractivity contribution in [3.63, 3.8) is 0 Å². The van der Waals surface area contributed by atoms with Crippen molar-refractivity contribution in [2.75, 3.05) is 13.1 Å². The van der Waals surface area contributed by atoms with E-state index in [-0.39, 0.29) is 16.3 Å². The molecule has 0 radical (unpaired) electrons. The fourth-order valence-corrected chi connectivity index (χ4v) is 4.33. The van der Waals surface area contributed by atoms with Crippen LogP contribution in [0.5, 0.6) is 0 Å². The van der Waals surface area contributed by atoms with Crippen molar-refractivity contribution in [2.45, 2.75) is 33.4 Å². The first kappa shape index (κ1) is 21.3. The molecule has 0 aliphatic carbocycles. The average Bonchev–Trinajstić information content (AvgIpc) is 2.66. The number of halogens is 1. The van der Waals surface area contributed by atoms with E-state index in [1.54, 1.807) is 0 Å². The van der Waals surface area contributed by atoms with Crippen molar-refractivity contribution < 1.29 is 9.72 Å². The lowest BCUT2D eigenvalue weighted by molar-refractivity contribution is -0.385. The lowest BCUT2D eigenvalue weighted by Gasteiger charge is -2.35. The summed E-state index contributed by atoms with van der Waals surface area (Å²) in [6, 6.07) is 12.1. The Bertz CT molecular complexity index is 893. The van der Waals surface area contributed by atoms with Crippen molar-refractivity contribution in [1.29, 1.82) is 0 Å². The number of nitrogens with one attached hydrogen (secondary N) is 1. The molecule has 2 aromatic carbocycles. The Labute approximate surface area is 176 Å². The Hall–Kier alpha value is -2.44. The van der Waals surface area contributed by atoms with Gasteiger partial charge in [-0.1, -0.05) is 49.7 Å². The van der Waals surface area contributed by atoms with E-state index >= 15 is 0 Å². The van der Waals surface area contributed by atoms with Crippen molar-refractivity contribution in [2.24, 2.45) is 11.8 Å². The number of amides is 1. The summed E-state index contributed by atoms with van der Waals surface area (Å²) >= 11 is 5.83. The smallest absolute Gasteiger partial charge is 0.283 e. The van der Waals surface area contributed by atoms with Gasteiger partial charge in [-0.2, -0.15) is 0 Å². The Kier molecular flexibility index (Phi) is 6.87. The van der Waals surface area contributed by atoms with Crippen LogP contribution in [-0.2, 0) is 13.1 Å². The van der Waals surface area contributed by atoms with Gasteiger partial charge in [0.2, 0.25) is 0 Å². The first-order valence-electron chi connectivity index (χ1n) is 9.84. The number of hydrogen-bond acceptors (Lipinski definition) is 4. The van der Waals surface area contributed by atoms with Crippen LogP contribution in [0, 0.1) is 22.0 Å². The summed E-state index contributed by atoms with van der Waals surface area (Å²) < 4.78 is 0. The van der Waals surface area contributed by atoms with Crippen molar-refractivity contribution >= 4 is 23.2 Å². The number of benzene rings is 2. The van der Waals surface area contributed by atoms with Crippen molar-refractivity contribution in [1.82, 2.24) is 10.2 Å². The average molecular weight is 416 g/mol. The topological polar surface area (TPSA) is 75.5 Å². The van der Waals surface area contributed by atoms with E-state index in [2.05, 4.69) is 30.1 Å². The number of nitro benzene ring substituents is 1. The third kappa shape index (κ3) is 5.55. The maximum absolute atomic E-state index is 12.6. The van der Waals surface area contributed by atoms with Crippen LogP contribution in [0.15, 0.2) is 42.5 Å². The quantitative estimate of drug-likeness (QED) is 0.550. The maximum atomic E-state index is 12.6. The first-order valence-corrected chi connectivity index (χ1v) is 10.2. The molecule has 0 aromatic heterocycles. The molecule has 1 heterocycles. The van der Waals surface area contributed by atoms with Crippen LogP contribution in [0.1, 0.15) is 41.8 Å². The number of likely N-dealkylation sites (tertiary alicyclic amines) is 1. The summed E-state index contributed by atoms with van der Waals surface area (Å²) in [6.45, 7) is 7.86. The van der Waals surface area contributed by atoms with Gasteiger partial charge in [0.25, 0.3) is 11.6 Å². The van der Waals surface area contributed by atoms with Gasteiger partial charge in [-0.05, 0) is 41.5 Å². The largest absolute Gasteiger partial charge is 0.348 e. The van der Waals surface area contributed by atoms with Crippen molar-refractivity contribution in [3.05, 3.63) is 74.3 Å². The van der Waals surface area contributed by atoms with E-state index in [4.69, 9.17) is 11.6 Å². The Balaban J connectivity index is 1.70. The standard InChI is InChI=1S/C22H26ClN3O3/c1-15-9-16(2)13-25(12-15)14-18-6-4-3-5-17(18)11-24-22(27)20-8-7-19(23)10-21(20)26(28)29/h3-8,10,15-16H,9,11-14H2,1-2H3,(H,24,27). The minimum Gasteiger partial charge on any atom is -0.348 e. The number of carbonyl (C=O) groups is 1. The molecule has 154 valence electrons. The van der Waals surface area contributed by atoms with Crippen LogP contribution in [0.4, 0.5) is 5.69 Å². The molecule has 2 unspecified atom stereocenters. The molecule has 2 atom stereocenters. The third-order valence-electron chi connectivity index (χ3n) is 5.30. The molecule has 0 spiro atoms. The van der Waals surface area contributed by atoms with Crippen molar-refractivity contribution in [3.8, 4) is 0 Å². The molecule has 1 aliphatic heterocycles. The molecule has 1 fully saturated rings. The number of carbonyl (C=O) groups excluding carboxylic acids is 1. The van der Waals surface area contributed by atoms with Crippen LogP contribution in [0.2, 0.25) is 5.02 Å². The van der Waals surface area contributed by atoms with E-state index in [1.165, 1.54) is 30.2 Å². The van der Waals surface area contributed by atoms with Gasteiger partial charge in [-0.25, -0.2) is 0 Å². The fraction of sp³-hybridized carbons (Fsp3) is 0.409. The highest BCUT2D eigenvalue weighted by atomic mass is 35.5. The molecule has 1 N–H and O–H groups in total. The normalized spacial score (nSPS) is 19.7. The number of nitrogens with zero attached hydrogens (tertiary/aromatic N) is 2. The second-order valence-electron chi connectivity index (χ2n) is 8.01. The van der Waals surface area contributed by atoms with Gasteiger partial charge in [0, 0.05) is 37.3 Å². The molecule has 0 saturated carbocycles. The zero-order chi connectivity index (χ0) is 21.0. The fourth-order valence-electron chi connectivity index (χ4n) is 4.16. The van der Waals surface area contributed by atoms with Gasteiger partial charge in [0.15, 0.2) is 0 Å². The van der Waals surface area contributed by atoms with Gasteiger partial charge in [0.1, 0.15) is 5.56 Å². The Morgan fingerprint density at radius 2 is 1.83 bits per heavy atom. The maximum Gasteiger partial charge on any atom is 0.283 e. The summed E-state index contributed by atoms with van der Waals surface area (Å²) in [7, 11) is 0. The van der Waals surface area contributed by atoms with Gasteiger partial charge in [0.05, 0.1) is 4.92 Å². The Morgan fingerprint density at radius 3 is 2.48 bits per heavy atom. The SMILES string of the molecule is CC1CC(C)CN(Cc2ccccc2CNC(=O)c2ccc(Cl)cc2[N+](=O)[O-])C1. The molecule has 2 aromatic rings. The summed E-state index contributed by atoms with van der Waals surface area (Å²) in [5, 5.41) is 14.3. The highest BCUT2D eigenvalue weighted by Gasteiger charge is 2.23. The van der Waals surface area contributed by atoms with Gasteiger partial charge in [-0.15, -0.1) is 0 Å². The molecule has 0 bridgehead atoms. The summed E-state index contributed by atoms with van der Waals surface area (Å²) in [5.74, 6) is 0.871. The summed E-state index contributed by atoms with van der Waals surface area (Å²) in [4.78, 5) is 25.7. The van der Waals surface area contributed by atoms with Gasteiger partial charge >= 0.3 is 0 Å². The molecule has 7 heteroatoms. The molecule has 3 rings (SSSR count). The van der Waals surface area contributed by atoms with Gasteiger partial charge in [-0.3, -0.25) is 19.8 Å². The van der Waals surface area contributed by atoms with Crippen LogP contribution in [-0.4, -0.2) is 28.8 Å². The lowest BCUT2D eigenvalue weighted by atomic mass is 9.91. The zero-order valence-corrected chi connectivity index (χ0v) is 17.5. The highest BCUT2D eigenvalue weighted by molar-refractivity contribution is 6.31. The molecule has 1 saturated heterocycles. The predicted molar refractivity (Wildman–Crippen MR) is 114 cm³/mol. The van der Waals surface area contributed by atoms with E-state index in [0.29, 0.717) is 18.4 Å². The molecule has 29 heavy (non-hydrogen) atoms. The Morgan fingerprint density at radius 1 is 1.17 bits per heavy atom. The van der Waals surface area contributed by atoms with Gasteiger partial charge < -0.3 is 5.32 Å². The van der Waals surface area contributed by atoms with E-state index in [1.807, 2.05) is 18.2 Å². The number of piperidine rings is 1. The minimum absolute atomic E-state index is 0.00978. The lowest BCUT2D eigenvalue weighted by Crippen LogP contribution is -2.38. The second-order valence-corrected chi connectivity index (χ2v) is 8.45. The van der Waals surface area contributed by atoms with Crippen LogP contribution in [0.3, 0.4) is 0 Å². The zero-order valence-electron chi connectivity index (χ0n) is 16.7. The molecule has 1 amide bonds. The second kappa shape index (κ2) is 9.37. The summed E-state index contributed by atoms with van der Waals surface area (Å²) in [5.41, 5.74) is 1.90. The molecular formula is C22H26ClN3O3. The summed E-state index contributed by atoms with van der Waals surface area (Å²) in [6.07, 6.45) is 1.26. The predicted octanol–water partition coefficient (Wildman–Crippen LogP) is 4.66. The highest BCUT2D eigenvalue weighted by Crippen LogP contribution is 2.25. The number of hydrogen-bond donors (Lipinski definition) is 1. The molecular weight excluding hydrogens is 390 g/mol. The molecule has 6 nitrogen and oxygen atoms in total. The first-order chi connectivity index (χ1) is 13.8. The van der Waals surface area contributed by atoms with Crippen LogP contribution < -0.4 is 5.32 Å². The monoisotopic (exact) mass is 415 g/mol. The number of nitro groups is 1. The van der Waals surface area contributed by atoms with E-state index in [0.717, 1.165) is 25.2 Å². The van der Waals surface area contributed by atoms with E-state index in [9.17, 15) is 14.9 Å². The minimum atomic E-state index is -0.590. The molecule has 1 aliphatic rings.